The van der Waals surface area contributed by atoms with E-state index in [4.69, 9.17) is 10.5 Å². The van der Waals surface area contributed by atoms with Crippen LogP contribution in [-0.4, -0.2) is 35.1 Å². The van der Waals surface area contributed by atoms with Crippen LogP contribution in [0.5, 0.6) is 5.75 Å². The van der Waals surface area contributed by atoms with E-state index in [1.165, 1.54) is 0 Å². The molecule has 0 saturated carbocycles. The molecule has 0 amide bonds. The van der Waals surface area contributed by atoms with E-state index in [0.717, 1.165) is 34.3 Å². The SMILES string of the molecule is CC(C)N(CCOc1ccc(-c2cccc(N)n2)c2ccccc12)C(C)C. The molecule has 0 spiro atoms. The van der Waals surface area contributed by atoms with Crippen molar-refractivity contribution in [2.45, 2.75) is 39.8 Å². The average molecular weight is 364 g/mol. The van der Waals surface area contributed by atoms with Crippen molar-refractivity contribution in [3.8, 4) is 17.0 Å². The second-order valence-corrected chi connectivity index (χ2v) is 7.38. The van der Waals surface area contributed by atoms with Crippen LogP contribution in [0.2, 0.25) is 0 Å². The highest BCUT2D eigenvalue weighted by Gasteiger charge is 2.14. The van der Waals surface area contributed by atoms with E-state index in [2.05, 4.69) is 55.8 Å². The Labute approximate surface area is 162 Å². The van der Waals surface area contributed by atoms with E-state index in [-0.39, 0.29) is 0 Å². The molecule has 4 nitrogen and oxygen atoms in total. The van der Waals surface area contributed by atoms with Gasteiger partial charge in [-0.05, 0) is 57.3 Å². The molecule has 0 aliphatic carbocycles. The molecule has 0 unspecified atom stereocenters. The molecule has 2 aromatic carbocycles. The number of aromatic nitrogens is 1. The third kappa shape index (κ3) is 4.40. The first-order chi connectivity index (χ1) is 13.0. The molecule has 3 aromatic rings. The first kappa shape index (κ1) is 19.2. The molecule has 0 radical (unpaired) electrons. The molecule has 3 rings (SSSR count). The minimum absolute atomic E-state index is 0.502. The van der Waals surface area contributed by atoms with Crippen LogP contribution in [0.4, 0.5) is 5.82 Å². The van der Waals surface area contributed by atoms with Crippen molar-refractivity contribution in [2.24, 2.45) is 0 Å². The van der Waals surface area contributed by atoms with Crippen molar-refractivity contribution < 1.29 is 4.74 Å². The Morgan fingerprint density at radius 3 is 2.26 bits per heavy atom. The van der Waals surface area contributed by atoms with Gasteiger partial charge in [0.25, 0.3) is 0 Å². The van der Waals surface area contributed by atoms with Gasteiger partial charge >= 0.3 is 0 Å². The molecule has 0 aliphatic rings. The van der Waals surface area contributed by atoms with Crippen LogP contribution in [0.1, 0.15) is 27.7 Å². The molecule has 0 fully saturated rings. The normalized spacial score (nSPS) is 11.7. The van der Waals surface area contributed by atoms with Gasteiger partial charge in [-0.25, -0.2) is 4.98 Å². The summed E-state index contributed by atoms with van der Waals surface area (Å²) in [4.78, 5) is 6.92. The van der Waals surface area contributed by atoms with Crippen molar-refractivity contribution in [3.63, 3.8) is 0 Å². The summed E-state index contributed by atoms with van der Waals surface area (Å²) in [5.74, 6) is 1.44. The number of nitrogens with zero attached hydrogens (tertiary/aromatic N) is 2. The molecule has 2 N–H and O–H groups in total. The maximum Gasteiger partial charge on any atom is 0.127 e. The lowest BCUT2D eigenvalue weighted by molar-refractivity contribution is 0.142. The average Bonchev–Trinajstić information content (AvgIpc) is 2.64. The lowest BCUT2D eigenvalue weighted by Gasteiger charge is -2.30. The molecular weight excluding hydrogens is 334 g/mol. The van der Waals surface area contributed by atoms with Crippen molar-refractivity contribution in [3.05, 3.63) is 54.6 Å². The van der Waals surface area contributed by atoms with Gasteiger partial charge in [-0.3, -0.25) is 4.90 Å². The summed E-state index contributed by atoms with van der Waals surface area (Å²) >= 11 is 0. The second-order valence-electron chi connectivity index (χ2n) is 7.38. The molecule has 0 bridgehead atoms. The molecule has 0 aliphatic heterocycles. The van der Waals surface area contributed by atoms with E-state index in [1.54, 1.807) is 6.07 Å². The fourth-order valence-electron chi connectivity index (χ4n) is 3.60. The van der Waals surface area contributed by atoms with Crippen LogP contribution in [-0.2, 0) is 0 Å². The number of benzene rings is 2. The Morgan fingerprint density at radius 2 is 1.59 bits per heavy atom. The van der Waals surface area contributed by atoms with Crippen molar-refractivity contribution in [2.75, 3.05) is 18.9 Å². The van der Waals surface area contributed by atoms with Gasteiger partial charge in [0.1, 0.15) is 18.2 Å². The van der Waals surface area contributed by atoms with Crippen molar-refractivity contribution in [1.29, 1.82) is 0 Å². The zero-order valence-corrected chi connectivity index (χ0v) is 16.6. The predicted octanol–water partition coefficient (Wildman–Crippen LogP) is 4.98. The minimum Gasteiger partial charge on any atom is -0.492 e. The number of nitrogens with two attached hydrogens (primary N) is 1. The Hall–Kier alpha value is -2.59. The summed E-state index contributed by atoms with van der Waals surface area (Å²) in [5, 5.41) is 2.22. The number of pyridine rings is 1. The van der Waals surface area contributed by atoms with Gasteiger partial charge in [0.05, 0.1) is 5.69 Å². The summed E-state index contributed by atoms with van der Waals surface area (Å²) in [6.45, 7) is 10.5. The van der Waals surface area contributed by atoms with Crippen molar-refractivity contribution in [1.82, 2.24) is 9.88 Å². The molecule has 142 valence electrons. The third-order valence-electron chi connectivity index (χ3n) is 4.86. The molecule has 1 heterocycles. The first-order valence-electron chi connectivity index (χ1n) is 9.60. The predicted molar refractivity (Wildman–Crippen MR) is 114 cm³/mol. The van der Waals surface area contributed by atoms with Gasteiger partial charge in [-0.15, -0.1) is 0 Å². The van der Waals surface area contributed by atoms with Crippen LogP contribution in [0.15, 0.2) is 54.6 Å². The number of nitrogen functional groups attached to an aromatic ring is 1. The van der Waals surface area contributed by atoms with Gasteiger partial charge in [0.2, 0.25) is 0 Å². The zero-order valence-electron chi connectivity index (χ0n) is 16.6. The topological polar surface area (TPSA) is 51.4 Å². The zero-order chi connectivity index (χ0) is 19.4. The summed E-state index contributed by atoms with van der Waals surface area (Å²) in [6.07, 6.45) is 0. The quantitative estimate of drug-likeness (QED) is 0.643. The van der Waals surface area contributed by atoms with Gasteiger partial charge < -0.3 is 10.5 Å². The Morgan fingerprint density at radius 1 is 0.889 bits per heavy atom. The minimum atomic E-state index is 0.502. The lowest BCUT2D eigenvalue weighted by Crippen LogP contribution is -2.39. The Bertz CT molecular complexity index is 897. The van der Waals surface area contributed by atoms with Gasteiger partial charge in [0, 0.05) is 29.6 Å². The molecular formula is C23H29N3O. The fourth-order valence-corrected chi connectivity index (χ4v) is 3.60. The largest absolute Gasteiger partial charge is 0.492 e. The van der Waals surface area contributed by atoms with Crippen LogP contribution in [0.25, 0.3) is 22.0 Å². The standard InChI is InChI=1S/C23H29N3O/c1-16(2)26(17(3)4)14-15-27-22-13-12-19(18-8-5-6-9-20(18)22)21-10-7-11-23(24)25-21/h5-13,16-17H,14-15H2,1-4H3,(H2,24,25). The number of anilines is 1. The van der Waals surface area contributed by atoms with E-state index >= 15 is 0 Å². The third-order valence-corrected chi connectivity index (χ3v) is 4.86. The highest BCUT2D eigenvalue weighted by atomic mass is 16.5. The number of hydrogen-bond acceptors (Lipinski definition) is 4. The second kappa shape index (κ2) is 8.40. The van der Waals surface area contributed by atoms with Crippen molar-refractivity contribution >= 4 is 16.6 Å². The van der Waals surface area contributed by atoms with Crippen LogP contribution in [0.3, 0.4) is 0 Å². The van der Waals surface area contributed by atoms with Gasteiger partial charge in [-0.2, -0.15) is 0 Å². The van der Waals surface area contributed by atoms with Crippen LogP contribution in [0, 0.1) is 0 Å². The molecule has 0 atom stereocenters. The van der Waals surface area contributed by atoms with Gasteiger partial charge in [0.15, 0.2) is 0 Å². The maximum absolute atomic E-state index is 6.18. The molecule has 27 heavy (non-hydrogen) atoms. The lowest BCUT2D eigenvalue weighted by atomic mass is 10.0. The number of fused-ring (bicyclic) bond motifs is 1. The number of rotatable bonds is 7. The van der Waals surface area contributed by atoms with E-state index in [0.29, 0.717) is 24.5 Å². The fraction of sp³-hybridized carbons (Fsp3) is 0.348. The van der Waals surface area contributed by atoms with Crippen LogP contribution >= 0.6 is 0 Å². The van der Waals surface area contributed by atoms with E-state index in [9.17, 15) is 0 Å². The Kier molecular flexibility index (Phi) is 5.97. The maximum atomic E-state index is 6.18. The highest BCUT2D eigenvalue weighted by Crippen LogP contribution is 2.34. The first-order valence-corrected chi connectivity index (χ1v) is 9.60. The Balaban J connectivity index is 1.87. The molecule has 1 aromatic heterocycles. The number of ether oxygens (including phenoxy) is 1. The highest BCUT2D eigenvalue weighted by molar-refractivity contribution is 5.99. The number of hydrogen-bond donors (Lipinski definition) is 1. The summed E-state index contributed by atoms with van der Waals surface area (Å²) in [7, 11) is 0. The smallest absolute Gasteiger partial charge is 0.127 e. The summed E-state index contributed by atoms with van der Waals surface area (Å²) < 4.78 is 6.18. The summed E-state index contributed by atoms with van der Waals surface area (Å²) in [6, 6.07) is 19.1. The molecule has 4 heteroatoms. The summed E-state index contributed by atoms with van der Waals surface area (Å²) in [5.41, 5.74) is 7.82. The molecule has 0 saturated heterocycles. The van der Waals surface area contributed by atoms with E-state index in [1.807, 2.05) is 30.3 Å². The van der Waals surface area contributed by atoms with E-state index < -0.39 is 0 Å². The monoisotopic (exact) mass is 363 g/mol. The van der Waals surface area contributed by atoms with Crippen LogP contribution < -0.4 is 10.5 Å². The van der Waals surface area contributed by atoms with Gasteiger partial charge in [-0.1, -0.05) is 30.3 Å².